The summed E-state index contributed by atoms with van der Waals surface area (Å²) in [4.78, 5) is 15.2. The molecule has 0 atom stereocenters. The maximum Gasteiger partial charge on any atom is 0.258 e. The van der Waals surface area contributed by atoms with Crippen molar-refractivity contribution >= 4 is 21.6 Å². The van der Waals surface area contributed by atoms with E-state index in [1.54, 1.807) is 17.0 Å². The highest BCUT2D eigenvalue weighted by molar-refractivity contribution is 7.89. The number of carbonyl (C=O) groups excluding carboxylic acids is 1. The molecule has 172 valence electrons. The van der Waals surface area contributed by atoms with Gasteiger partial charge in [-0.2, -0.15) is 4.31 Å². The van der Waals surface area contributed by atoms with Gasteiger partial charge in [0.05, 0.1) is 7.11 Å². The molecule has 0 saturated carbocycles. The van der Waals surface area contributed by atoms with E-state index in [-0.39, 0.29) is 23.1 Å². The van der Waals surface area contributed by atoms with Gasteiger partial charge >= 0.3 is 0 Å². The fourth-order valence-corrected chi connectivity index (χ4v) is 5.53. The van der Waals surface area contributed by atoms with Crippen LogP contribution in [0.2, 0.25) is 0 Å². The summed E-state index contributed by atoms with van der Waals surface area (Å²) in [5.41, 5.74) is 4.37. The van der Waals surface area contributed by atoms with E-state index >= 15 is 0 Å². The van der Waals surface area contributed by atoms with Crippen molar-refractivity contribution in [3.05, 3.63) is 89.0 Å². The average Bonchev–Trinajstić information content (AvgIpc) is 2.83. The van der Waals surface area contributed by atoms with Gasteiger partial charge in [-0.25, -0.2) is 8.42 Å². The van der Waals surface area contributed by atoms with Crippen LogP contribution in [0.15, 0.2) is 71.6 Å². The van der Waals surface area contributed by atoms with Crippen molar-refractivity contribution in [1.29, 1.82) is 0 Å². The van der Waals surface area contributed by atoms with Crippen molar-refractivity contribution in [3.63, 3.8) is 0 Å². The Balaban J connectivity index is 1.68. The van der Waals surface area contributed by atoms with Gasteiger partial charge in [0.25, 0.3) is 5.91 Å². The Morgan fingerprint density at radius 1 is 1.06 bits per heavy atom. The Hall–Kier alpha value is -3.16. The summed E-state index contributed by atoms with van der Waals surface area (Å²) in [6.45, 7) is 2.84. The minimum absolute atomic E-state index is 0.0181. The van der Waals surface area contributed by atoms with Crippen LogP contribution in [0.4, 0.5) is 5.69 Å². The molecule has 0 aliphatic carbocycles. The molecule has 1 amide bonds. The van der Waals surface area contributed by atoms with Crippen LogP contribution < -0.4 is 9.64 Å². The Bertz CT molecular complexity index is 1270. The first kappa shape index (κ1) is 23.0. The smallest absolute Gasteiger partial charge is 0.258 e. The number of fused-ring (bicyclic) bond motifs is 1. The first-order valence-corrected chi connectivity index (χ1v) is 12.3. The summed E-state index contributed by atoms with van der Waals surface area (Å²) in [6.07, 6.45) is 1.79. The molecule has 0 saturated heterocycles. The molecular formula is C26H28N2O4S. The van der Waals surface area contributed by atoms with Crippen LogP contribution in [0.1, 0.15) is 33.5 Å². The number of benzene rings is 3. The van der Waals surface area contributed by atoms with Crippen LogP contribution in [-0.2, 0) is 23.0 Å². The van der Waals surface area contributed by atoms with Gasteiger partial charge in [0.15, 0.2) is 0 Å². The second kappa shape index (κ2) is 9.37. The molecule has 0 fully saturated rings. The van der Waals surface area contributed by atoms with Crippen molar-refractivity contribution in [2.75, 3.05) is 25.6 Å². The summed E-state index contributed by atoms with van der Waals surface area (Å²) in [5, 5.41) is 0. The maximum absolute atomic E-state index is 13.5. The molecule has 6 nitrogen and oxygen atoms in total. The molecule has 0 aromatic heterocycles. The molecule has 0 N–H and O–H groups in total. The summed E-state index contributed by atoms with van der Waals surface area (Å²) in [6, 6.07) is 20.0. The van der Waals surface area contributed by atoms with Crippen LogP contribution in [-0.4, -0.2) is 39.3 Å². The van der Waals surface area contributed by atoms with Gasteiger partial charge in [0, 0.05) is 31.4 Å². The third-order valence-corrected chi connectivity index (χ3v) is 7.77. The van der Waals surface area contributed by atoms with Crippen molar-refractivity contribution in [1.82, 2.24) is 4.31 Å². The van der Waals surface area contributed by atoms with Gasteiger partial charge < -0.3 is 9.64 Å². The lowest BCUT2D eigenvalue weighted by atomic mass is 9.99. The maximum atomic E-state index is 13.5. The number of hydrogen-bond acceptors (Lipinski definition) is 4. The van der Waals surface area contributed by atoms with Gasteiger partial charge in [-0.05, 0) is 55.2 Å². The Morgan fingerprint density at radius 2 is 1.82 bits per heavy atom. The number of nitrogens with zero attached hydrogens (tertiary/aromatic N) is 2. The quantitative estimate of drug-likeness (QED) is 0.542. The van der Waals surface area contributed by atoms with Gasteiger partial charge in [0.1, 0.15) is 10.6 Å². The summed E-state index contributed by atoms with van der Waals surface area (Å²) >= 11 is 0. The first-order chi connectivity index (χ1) is 15.8. The lowest BCUT2D eigenvalue weighted by Gasteiger charge is -2.30. The third kappa shape index (κ3) is 4.65. The summed E-state index contributed by atoms with van der Waals surface area (Å²) in [7, 11) is -0.941. The van der Waals surface area contributed by atoms with Crippen molar-refractivity contribution in [2.45, 2.75) is 31.2 Å². The zero-order chi connectivity index (χ0) is 23.6. The zero-order valence-corrected chi connectivity index (χ0v) is 19.9. The lowest BCUT2D eigenvalue weighted by molar-refractivity contribution is 0.0985. The van der Waals surface area contributed by atoms with Crippen LogP contribution in [0.3, 0.4) is 0 Å². The van der Waals surface area contributed by atoms with Crippen LogP contribution >= 0.6 is 0 Å². The molecular weight excluding hydrogens is 436 g/mol. The fourth-order valence-electron chi connectivity index (χ4n) is 4.20. The van der Waals surface area contributed by atoms with Crippen molar-refractivity contribution < 1.29 is 17.9 Å². The normalized spacial score (nSPS) is 13.6. The van der Waals surface area contributed by atoms with Crippen molar-refractivity contribution in [2.24, 2.45) is 0 Å². The highest BCUT2D eigenvalue weighted by atomic mass is 32.2. The van der Waals surface area contributed by atoms with Gasteiger partial charge in [-0.15, -0.1) is 0 Å². The average molecular weight is 465 g/mol. The lowest BCUT2D eigenvalue weighted by Crippen LogP contribution is -2.35. The zero-order valence-electron chi connectivity index (χ0n) is 19.1. The number of anilines is 1. The van der Waals surface area contributed by atoms with Gasteiger partial charge in [-0.3, -0.25) is 4.79 Å². The van der Waals surface area contributed by atoms with Gasteiger partial charge in [-0.1, -0.05) is 48.0 Å². The van der Waals surface area contributed by atoms with Gasteiger partial charge in [0.2, 0.25) is 10.0 Å². The van der Waals surface area contributed by atoms with Crippen LogP contribution in [0.25, 0.3) is 0 Å². The molecule has 1 heterocycles. The molecule has 0 unspecified atom stereocenters. The van der Waals surface area contributed by atoms with E-state index < -0.39 is 10.0 Å². The highest BCUT2D eigenvalue weighted by Crippen LogP contribution is 2.32. The second-order valence-corrected chi connectivity index (χ2v) is 10.3. The first-order valence-electron chi connectivity index (χ1n) is 10.9. The molecule has 3 aromatic carbocycles. The monoisotopic (exact) mass is 464 g/mol. The number of sulfonamides is 1. The molecule has 1 aliphatic heterocycles. The van der Waals surface area contributed by atoms with E-state index in [0.717, 1.165) is 35.2 Å². The minimum Gasteiger partial charge on any atom is -0.495 e. The standard InChI is InChI=1S/C26H28N2O4S/c1-19-11-13-23-21(16-19)10-7-15-28(23)26(29)22-12-14-24(32-3)25(17-22)33(30,31)27(2)18-20-8-5-4-6-9-20/h4-6,8-9,11-14,16-17H,7,10,15,18H2,1-3H3. The van der Waals surface area contributed by atoms with E-state index in [0.29, 0.717) is 12.1 Å². The predicted octanol–water partition coefficient (Wildman–Crippen LogP) is 4.42. The van der Waals surface area contributed by atoms with E-state index in [1.807, 2.05) is 49.4 Å². The van der Waals surface area contributed by atoms with E-state index in [2.05, 4.69) is 6.07 Å². The highest BCUT2D eigenvalue weighted by Gasteiger charge is 2.29. The summed E-state index contributed by atoms with van der Waals surface area (Å²) < 4.78 is 33.5. The van der Waals surface area contributed by atoms with E-state index in [9.17, 15) is 13.2 Å². The number of aryl methyl sites for hydroxylation is 2. The van der Waals surface area contributed by atoms with Crippen LogP contribution in [0, 0.1) is 6.92 Å². The molecule has 4 rings (SSSR count). The van der Waals surface area contributed by atoms with E-state index in [1.165, 1.54) is 24.5 Å². The minimum atomic E-state index is -3.90. The molecule has 3 aromatic rings. The molecule has 0 spiro atoms. The molecule has 0 bridgehead atoms. The van der Waals surface area contributed by atoms with Crippen LogP contribution in [0.5, 0.6) is 5.75 Å². The number of hydrogen-bond donors (Lipinski definition) is 0. The molecule has 7 heteroatoms. The largest absolute Gasteiger partial charge is 0.495 e. The Morgan fingerprint density at radius 3 is 2.55 bits per heavy atom. The topological polar surface area (TPSA) is 66.9 Å². The fraction of sp³-hybridized carbons (Fsp3) is 0.269. The van der Waals surface area contributed by atoms with Crippen molar-refractivity contribution in [3.8, 4) is 5.75 Å². The molecule has 33 heavy (non-hydrogen) atoms. The second-order valence-electron chi connectivity index (χ2n) is 8.30. The van der Waals surface area contributed by atoms with E-state index in [4.69, 9.17) is 4.74 Å². The SMILES string of the molecule is COc1ccc(C(=O)N2CCCc3cc(C)ccc32)cc1S(=O)(=O)N(C)Cc1ccccc1. The number of amides is 1. The Kier molecular flexibility index (Phi) is 6.54. The molecule has 1 aliphatic rings. The number of rotatable bonds is 6. The number of methoxy groups -OCH3 is 1. The Labute approximate surface area is 195 Å². The third-order valence-electron chi connectivity index (χ3n) is 5.95. The molecule has 0 radical (unpaired) electrons. The number of carbonyl (C=O) groups is 1. The summed E-state index contributed by atoms with van der Waals surface area (Å²) in [5.74, 6) is -0.00857. The predicted molar refractivity (Wildman–Crippen MR) is 129 cm³/mol. The number of ether oxygens (including phenoxy) is 1.